The quantitative estimate of drug-likeness (QED) is 0.451. The molecular formula is C21H20F2N4O3. The van der Waals surface area contributed by atoms with Crippen molar-refractivity contribution in [1.82, 2.24) is 14.7 Å². The number of rotatable bonds is 6. The van der Waals surface area contributed by atoms with Crippen LogP contribution in [0.4, 0.5) is 14.5 Å². The van der Waals surface area contributed by atoms with Gasteiger partial charge in [-0.25, -0.2) is 8.78 Å². The van der Waals surface area contributed by atoms with E-state index in [1.165, 1.54) is 18.0 Å². The molecule has 1 aromatic heterocycles. The summed E-state index contributed by atoms with van der Waals surface area (Å²) in [4.78, 5) is 24.6. The predicted molar refractivity (Wildman–Crippen MR) is 106 cm³/mol. The molecule has 30 heavy (non-hydrogen) atoms. The number of aromatic nitrogens is 2. The van der Waals surface area contributed by atoms with Gasteiger partial charge in [0, 0.05) is 30.8 Å². The van der Waals surface area contributed by atoms with Crippen LogP contribution in [-0.2, 0) is 13.1 Å². The van der Waals surface area contributed by atoms with Crippen LogP contribution in [0.3, 0.4) is 0 Å². The first-order valence-electron chi connectivity index (χ1n) is 9.14. The van der Waals surface area contributed by atoms with Gasteiger partial charge in [0.05, 0.1) is 11.5 Å². The van der Waals surface area contributed by atoms with Crippen molar-refractivity contribution >= 4 is 11.6 Å². The van der Waals surface area contributed by atoms with Gasteiger partial charge in [-0.15, -0.1) is 0 Å². The van der Waals surface area contributed by atoms with Gasteiger partial charge < -0.3 is 4.90 Å². The van der Waals surface area contributed by atoms with Gasteiger partial charge >= 0.3 is 5.69 Å². The fraction of sp³-hybridized carbons (Fsp3) is 0.238. The minimum Gasteiger partial charge on any atom is -0.337 e. The summed E-state index contributed by atoms with van der Waals surface area (Å²) >= 11 is 0. The van der Waals surface area contributed by atoms with Gasteiger partial charge in [0.15, 0.2) is 0 Å². The highest BCUT2D eigenvalue weighted by Gasteiger charge is 2.22. The third-order valence-corrected chi connectivity index (χ3v) is 4.83. The molecule has 0 aliphatic rings. The number of hydrogen-bond donors (Lipinski definition) is 0. The van der Waals surface area contributed by atoms with Crippen molar-refractivity contribution in [2.24, 2.45) is 0 Å². The Labute approximate surface area is 171 Å². The molecule has 0 aliphatic heterocycles. The number of amides is 1. The van der Waals surface area contributed by atoms with Crippen LogP contribution in [0.5, 0.6) is 0 Å². The molecule has 3 aromatic rings. The highest BCUT2D eigenvalue weighted by atomic mass is 19.1. The van der Waals surface area contributed by atoms with Gasteiger partial charge in [-0.2, -0.15) is 5.10 Å². The van der Waals surface area contributed by atoms with Crippen molar-refractivity contribution in [2.75, 3.05) is 7.05 Å². The van der Waals surface area contributed by atoms with E-state index in [4.69, 9.17) is 0 Å². The monoisotopic (exact) mass is 414 g/mol. The molecule has 0 atom stereocenters. The van der Waals surface area contributed by atoms with E-state index in [0.717, 1.165) is 17.7 Å². The second kappa shape index (κ2) is 8.40. The Morgan fingerprint density at radius 3 is 2.40 bits per heavy atom. The molecule has 0 saturated heterocycles. The number of benzene rings is 2. The van der Waals surface area contributed by atoms with Crippen LogP contribution in [0, 0.1) is 35.6 Å². The highest BCUT2D eigenvalue weighted by Crippen LogP contribution is 2.22. The van der Waals surface area contributed by atoms with Crippen LogP contribution in [0.1, 0.15) is 32.9 Å². The first-order valence-corrected chi connectivity index (χ1v) is 9.14. The molecule has 7 nitrogen and oxygen atoms in total. The third kappa shape index (κ3) is 4.35. The SMILES string of the molecule is Cc1nn(Cc2ccc(C(=O)N(C)Cc3ccc(F)cc3F)cc2)c(C)c1[N+](=O)[O-]. The Morgan fingerprint density at radius 2 is 1.83 bits per heavy atom. The average molecular weight is 414 g/mol. The second-order valence-electron chi connectivity index (χ2n) is 7.03. The molecule has 0 unspecified atom stereocenters. The molecule has 3 rings (SSSR count). The van der Waals surface area contributed by atoms with Crippen molar-refractivity contribution in [3.63, 3.8) is 0 Å². The molecule has 0 radical (unpaired) electrons. The van der Waals surface area contributed by atoms with Gasteiger partial charge in [-0.1, -0.05) is 18.2 Å². The zero-order valence-corrected chi connectivity index (χ0v) is 16.7. The standard InChI is InChI=1S/C21H20F2N4O3/c1-13-20(27(29)30)14(2)26(24-13)11-15-4-6-16(7-5-15)21(28)25(3)12-17-8-9-18(22)10-19(17)23/h4-10H,11-12H2,1-3H3. The number of halogens is 2. The number of nitrogens with zero attached hydrogens (tertiary/aromatic N) is 4. The van der Waals surface area contributed by atoms with Gasteiger partial charge in [0.25, 0.3) is 5.91 Å². The van der Waals surface area contributed by atoms with Gasteiger partial charge in [0.1, 0.15) is 23.0 Å². The summed E-state index contributed by atoms with van der Waals surface area (Å²) in [5.41, 5.74) is 2.24. The molecule has 9 heteroatoms. The first kappa shape index (κ1) is 21.1. The number of carbonyl (C=O) groups is 1. The Balaban J connectivity index is 1.71. The summed E-state index contributed by atoms with van der Waals surface area (Å²) in [6.07, 6.45) is 0. The van der Waals surface area contributed by atoms with Gasteiger partial charge in [0.2, 0.25) is 0 Å². The van der Waals surface area contributed by atoms with E-state index in [9.17, 15) is 23.7 Å². The molecular weight excluding hydrogens is 394 g/mol. The molecule has 0 spiro atoms. The maximum atomic E-state index is 13.8. The van der Waals surface area contributed by atoms with Crippen molar-refractivity contribution in [2.45, 2.75) is 26.9 Å². The van der Waals surface area contributed by atoms with Crippen LogP contribution in [0.15, 0.2) is 42.5 Å². The summed E-state index contributed by atoms with van der Waals surface area (Å²) in [5.74, 6) is -1.69. The summed E-state index contributed by atoms with van der Waals surface area (Å²) in [6.45, 7) is 3.55. The largest absolute Gasteiger partial charge is 0.337 e. The lowest BCUT2D eigenvalue weighted by Crippen LogP contribution is -2.26. The summed E-state index contributed by atoms with van der Waals surface area (Å²) < 4.78 is 28.4. The lowest BCUT2D eigenvalue weighted by atomic mass is 10.1. The molecule has 1 heterocycles. The zero-order chi connectivity index (χ0) is 22.0. The van der Waals surface area contributed by atoms with Crippen molar-refractivity contribution in [3.05, 3.63) is 92.3 Å². The molecule has 156 valence electrons. The van der Waals surface area contributed by atoms with Crippen molar-refractivity contribution < 1.29 is 18.5 Å². The fourth-order valence-corrected chi connectivity index (χ4v) is 3.23. The molecule has 0 fully saturated rings. The Bertz CT molecular complexity index is 1110. The Kier molecular flexibility index (Phi) is 5.91. The minimum atomic E-state index is -0.705. The highest BCUT2D eigenvalue weighted by molar-refractivity contribution is 5.94. The van der Waals surface area contributed by atoms with Crippen molar-refractivity contribution in [3.8, 4) is 0 Å². The van der Waals surface area contributed by atoms with Crippen LogP contribution < -0.4 is 0 Å². The van der Waals surface area contributed by atoms with E-state index in [1.54, 1.807) is 42.8 Å². The third-order valence-electron chi connectivity index (χ3n) is 4.83. The smallest absolute Gasteiger partial charge is 0.312 e. The van der Waals surface area contributed by atoms with Crippen LogP contribution in [-0.4, -0.2) is 32.6 Å². The van der Waals surface area contributed by atoms with E-state index in [-0.39, 0.29) is 23.7 Å². The van der Waals surface area contributed by atoms with Gasteiger partial charge in [-0.05, 0) is 37.6 Å². The lowest BCUT2D eigenvalue weighted by molar-refractivity contribution is -0.386. The molecule has 2 aromatic carbocycles. The maximum Gasteiger partial charge on any atom is 0.312 e. The van der Waals surface area contributed by atoms with E-state index >= 15 is 0 Å². The van der Waals surface area contributed by atoms with Gasteiger partial charge in [-0.3, -0.25) is 19.6 Å². The number of carbonyl (C=O) groups excluding carboxylic acids is 1. The van der Waals surface area contributed by atoms with E-state index in [1.807, 2.05) is 0 Å². The minimum absolute atomic E-state index is 0.00211. The summed E-state index contributed by atoms with van der Waals surface area (Å²) in [7, 11) is 1.54. The fourth-order valence-electron chi connectivity index (χ4n) is 3.23. The summed E-state index contributed by atoms with van der Waals surface area (Å²) in [6, 6.07) is 9.99. The van der Waals surface area contributed by atoms with E-state index < -0.39 is 16.6 Å². The second-order valence-corrected chi connectivity index (χ2v) is 7.03. The van der Waals surface area contributed by atoms with Crippen LogP contribution in [0.25, 0.3) is 0 Å². The number of hydrogen-bond acceptors (Lipinski definition) is 4. The number of nitro groups is 1. The topological polar surface area (TPSA) is 81.3 Å². The van der Waals surface area contributed by atoms with E-state index in [0.29, 0.717) is 23.5 Å². The molecule has 0 aliphatic carbocycles. The van der Waals surface area contributed by atoms with Crippen LogP contribution >= 0.6 is 0 Å². The van der Waals surface area contributed by atoms with E-state index in [2.05, 4.69) is 5.10 Å². The molecule has 1 amide bonds. The average Bonchev–Trinajstić information content (AvgIpc) is 2.97. The number of aryl methyl sites for hydroxylation is 1. The normalized spacial score (nSPS) is 10.8. The Hall–Kier alpha value is -3.62. The molecule has 0 bridgehead atoms. The summed E-state index contributed by atoms with van der Waals surface area (Å²) in [5, 5.41) is 15.3. The first-order chi connectivity index (χ1) is 14.2. The molecule has 0 saturated carbocycles. The maximum absolute atomic E-state index is 13.8. The molecule has 0 N–H and O–H groups in total. The Morgan fingerprint density at radius 1 is 1.17 bits per heavy atom. The van der Waals surface area contributed by atoms with Crippen LogP contribution in [0.2, 0.25) is 0 Å². The lowest BCUT2D eigenvalue weighted by Gasteiger charge is -2.18. The zero-order valence-electron chi connectivity index (χ0n) is 16.7. The van der Waals surface area contributed by atoms with Crippen molar-refractivity contribution in [1.29, 1.82) is 0 Å². The predicted octanol–water partition coefficient (Wildman–Crippen LogP) is 4.01.